The van der Waals surface area contributed by atoms with E-state index in [1.54, 1.807) is 24.3 Å². The lowest BCUT2D eigenvalue weighted by Gasteiger charge is -2.05. The normalized spacial score (nSPS) is 10.5. The van der Waals surface area contributed by atoms with E-state index in [1.807, 2.05) is 24.3 Å². The molecule has 0 aliphatic carbocycles. The van der Waals surface area contributed by atoms with Crippen molar-refractivity contribution in [1.29, 1.82) is 0 Å². The van der Waals surface area contributed by atoms with Gasteiger partial charge in [0, 0.05) is 10.0 Å². The van der Waals surface area contributed by atoms with Gasteiger partial charge in [-0.25, -0.2) is 4.98 Å². The Kier molecular flexibility index (Phi) is 5.22. The molecule has 0 aliphatic heterocycles. The molecule has 0 bridgehead atoms. The second-order valence-electron chi connectivity index (χ2n) is 4.93. The van der Waals surface area contributed by atoms with Crippen LogP contribution in [-0.2, 0) is 16.1 Å². The Labute approximate surface area is 150 Å². The van der Waals surface area contributed by atoms with Crippen molar-refractivity contribution in [3.8, 4) is 0 Å². The number of para-hydroxylation sites is 1. The molecule has 1 heterocycles. The van der Waals surface area contributed by atoms with Gasteiger partial charge in [-0.05, 0) is 36.4 Å². The minimum Gasteiger partial charge on any atom is -0.457 e. The van der Waals surface area contributed by atoms with Gasteiger partial charge < -0.3 is 10.1 Å². The Morgan fingerprint density at radius 2 is 1.88 bits per heavy atom. The molecule has 0 radical (unpaired) electrons. The summed E-state index contributed by atoms with van der Waals surface area (Å²) in [5, 5.41) is 3.26. The number of aromatic nitrogens is 1. The predicted octanol–water partition coefficient (Wildman–Crippen LogP) is 3.53. The van der Waals surface area contributed by atoms with Crippen LogP contribution in [0.5, 0.6) is 0 Å². The molecule has 24 heavy (non-hydrogen) atoms. The highest BCUT2D eigenvalue weighted by molar-refractivity contribution is 9.10. The molecule has 3 aromatic rings. The van der Waals surface area contributed by atoms with Crippen LogP contribution in [0, 0.1) is 0 Å². The maximum Gasteiger partial charge on any atom is 0.325 e. The zero-order valence-electron chi connectivity index (χ0n) is 12.5. The van der Waals surface area contributed by atoms with Gasteiger partial charge in [0.15, 0.2) is 0 Å². The number of carbonyl (C=O) groups is 2. The second-order valence-corrected chi connectivity index (χ2v) is 6.96. The van der Waals surface area contributed by atoms with E-state index in [0.29, 0.717) is 5.56 Å². The Bertz CT molecular complexity index is 844. The molecule has 0 spiro atoms. The molecule has 0 fully saturated rings. The molecular formula is C17H13BrN2O3S. The van der Waals surface area contributed by atoms with Crippen LogP contribution in [0.15, 0.2) is 53.0 Å². The molecule has 1 aromatic heterocycles. The standard InChI is InChI=1S/C17H13BrN2O3S/c18-12-7-5-11(6-8-12)17(22)19-9-16(21)23-10-15-20-13-3-1-2-4-14(13)24-15/h1-8H,9-10H2,(H,19,22). The van der Waals surface area contributed by atoms with E-state index >= 15 is 0 Å². The molecule has 7 heteroatoms. The average molecular weight is 405 g/mol. The zero-order valence-corrected chi connectivity index (χ0v) is 14.9. The third-order valence-electron chi connectivity index (χ3n) is 3.19. The average Bonchev–Trinajstić information content (AvgIpc) is 3.01. The molecule has 0 aliphatic rings. The number of amides is 1. The SMILES string of the molecule is O=C(CNC(=O)c1ccc(Br)cc1)OCc1nc2ccccc2s1. The van der Waals surface area contributed by atoms with Crippen molar-refractivity contribution in [1.82, 2.24) is 10.3 Å². The Hall–Kier alpha value is -2.25. The highest BCUT2D eigenvalue weighted by Crippen LogP contribution is 2.21. The van der Waals surface area contributed by atoms with Gasteiger partial charge in [0.05, 0.1) is 10.2 Å². The molecule has 0 atom stereocenters. The first-order chi connectivity index (χ1) is 11.6. The summed E-state index contributed by atoms with van der Waals surface area (Å²) in [7, 11) is 0. The first-order valence-corrected chi connectivity index (χ1v) is 8.76. The Balaban J connectivity index is 1.48. The highest BCUT2D eigenvalue weighted by Gasteiger charge is 2.10. The molecule has 3 rings (SSSR count). The van der Waals surface area contributed by atoms with Gasteiger partial charge >= 0.3 is 5.97 Å². The largest absolute Gasteiger partial charge is 0.457 e. The van der Waals surface area contributed by atoms with Gasteiger partial charge in [-0.2, -0.15) is 0 Å². The fourth-order valence-corrected chi connectivity index (χ4v) is 3.18. The van der Waals surface area contributed by atoms with E-state index < -0.39 is 5.97 Å². The van der Waals surface area contributed by atoms with Crippen molar-refractivity contribution < 1.29 is 14.3 Å². The maximum atomic E-state index is 11.9. The van der Waals surface area contributed by atoms with Gasteiger partial charge in [-0.3, -0.25) is 9.59 Å². The maximum absolute atomic E-state index is 11.9. The van der Waals surface area contributed by atoms with Crippen molar-refractivity contribution in [2.75, 3.05) is 6.54 Å². The summed E-state index contributed by atoms with van der Waals surface area (Å²) in [6.45, 7) is -0.0773. The van der Waals surface area contributed by atoms with Crippen LogP contribution in [-0.4, -0.2) is 23.4 Å². The molecule has 2 aromatic carbocycles. The first kappa shape index (κ1) is 16.6. The van der Waals surface area contributed by atoms with Gasteiger partial charge in [0.25, 0.3) is 5.91 Å². The number of hydrogen-bond donors (Lipinski definition) is 1. The monoisotopic (exact) mass is 404 g/mol. The van der Waals surface area contributed by atoms with Crippen LogP contribution in [0.3, 0.4) is 0 Å². The van der Waals surface area contributed by atoms with Crippen molar-refractivity contribution in [3.05, 3.63) is 63.6 Å². The number of halogens is 1. The van der Waals surface area contributed by atoms with Gasteiger partial charge in [-0.1, -0.05) is 28.1 Å². The lowest BCUT2D eigenvalue weighted by atomic mass is 10.2. The number of carbonyl (C=O) groups excluding carboxylic acids is 2. The van der Waals surface area contributed by atoms with Gasteiger partial charge in [0.1, 0.15) is 18.2 Å². The summed E-state index contributed by atoms with van der Waals surface area (Å²) in [4.78, 5) is 28.0. The van der Waals surface area contributed by atoms with E-state index in [0.717, 1.165) is 19.7 Å². The third-order valence-corrected chi connectivity index (χ3v) is 4.73. The van der Waals surface area contributed by atoms with E-state index in [4.69, 9.17) is 4.74 Å². The van der Waals surface area contributed by atoms with Crippen LogP contribution >= 0.6 is 27.3 Å². The highest BCUT2D eigenvalue weighted by atomic mass is 79.9. The number of ether oxygens (including phenoxy) is 1. The van der Waals surface area contributed by atoms with Gasteiger partial charge in [0.2, 0.25) is 0 Å². The Morgan fingerprint density at radius 3 is 2.62 bits per heavy atom. The summed E-state index contributed by atoms with van der Waals surface area (Å²) in [5.41, 5.74) is 1.37. The smallest absolute Gasteiger partial charge is 0.325 e. The minimum atomic E-state index is -0.500. The van der Waals surface area contributed by atoms with Crippen LogP contribution in [0.2, 0.25) is 0 Å². The summed E-state index contributed by atoms with van der Waals surface area (Å²) in [5.74, 6) is -0.820. The van der Waals surface area contributed by atoms with Crippen LogP contribution in [0.4, 0.5) is 0 Å². The van der Waals surface area contributed by atoms with Crippen molar-refractivity contribution >= 4 is 49.4 Å². The van der Waals surface area contributed by atoms with E-state index in [1.165, 1.54) is 11.3 Å². The molecule has 5 nitrogen and oxygen atoms in total. The fraction of sp³-hybridized carbons (Fsp3) is 0.118. The summed E-state index contributed by atoms with van der Waals surface area (Å²) in [6, 6.07) is 14.6. The predicted molar refractivity (Wildman–Crippen MR) is 95.9 cm³/mol. The topological polar surface area (TPSA) is 68.3 Å². The lowest BCUT2D eigenvalue weighted by molar-refractivity contribution is -0.143. The van der Waals surface area contributed by atoms with Crippen molar-refractivity contribution in [2.45, 2.75) is 6.61 Å². The van der Waals surface area contributed by atoms with Crippen molar-refractivity contribution in [3.63, 3.8) is 0 Å². The first-order valence-electron chi connectivity index (χ1n) is 7.15. The Morgan fingerprint density at radius 1 is 1.12 bits per heavy atom. The summed E-state index contributed by atoms with van der Waals surface area (Å²) >= 11 is 4.78. The number of hydrogen-bond acceptors (Lipinski definition) is 5. The number of esters is 1. The van der Waals surface area contributed by atoms with Crippen LogP contribution in [0.1, 0.15) is 15.4 Å². The second kappa shape index (κ2) is 7.55. The lowest BCUT2D eigenvalue weighted by Crippen LogP contribution is -2.30. The number of benzene rings is 2. The number of nitrogens with one attached hydrogen (secondary N) is 1. The zero-order chi connectivity index (χ0) is 16.9. The molecule has 0 unspecified atom stereocenters. The number of rotatable bonds is 5. The summed E-state index contributed by atoms with van der Waals surface area (Å²) < 4.78 is 7.08. The van der Waals surface area contributed by atoms with Crippen LogP contribution in [0.25, 0.3) is 10.2 Å². The molecule has 0 saturated heterocycles. The summed E-state index contributed by atoms with van der Waals surface area (Å²) in [6.07, 6.45) is 0. The van der Waals surface area contributed by atoms with E-state index in [-0.39, 0.29) is 19.1 Å². The number of fused-ring (bicyclic) bond motifs is 1. The molecule has 122 valence electrons. The fourth-order valence-electron chi connectivity index (χ4n) is 2.03. The number of nitrogens with zero attached hydrogens (tertiary/aromatic N) is 1. The molecule has 0 saturated carbocycles. The molecular weight excluding hydrogens is 392 g/mol. The quantitative estimate of drug-likeness (QED) is 0.660. The number of thiazole rings is 1. The van der Waals surface area contributed by atoms with E-state index in [2.05, 4.69) is 26.2 Å². The molecule has 1 amide bonds. The van der Waals surface area contributed by atoms with E-state index in [9.17, 15) is 9.59 Å². The minimum absolute atomic E-state index is 0.104. The van der Waals surface area contributed by atoms with Crippen LogP contribution < -0.4 is 5.32 Å². The van der Waals surface area contributed by atoms with Crippen molar-refractivity contribution in [2.24, 2.45) is 0 Å². The third kappa shape index (κ3) is 4.18. The molecule has 1 N–H and O–H groups in total. The van der Waals surface area contributed by atoms with Gasteiger partial charge in [-0.15, -0.1) is 11.3 Å².